The number of amides is 1. The van der Waals surface area contributed by atoms with E-state index < -0.39 is 24.5 Å². The first-order valence-corrected chi connectivity index (χ1v) is 4.90. The van der Waals surface area contributed by atoms with E-state index in [4.69, 9.17) is 15.9 Å². The summed E-state index contributed by atoms with van der Waals surface area (Å²) in [6.07, 6.45) is 1.41. The number of aliphatic hydroxyl groups excluding tert-OH is 1. The molecule has 0 radical (unpaired) electrons. The molecule has 0 aliphatic rings. The predicted octanol–water partition coefficient (Wildman–Crippen LogP) is -1.08. The Morgan fingerprint density at radius 3 is 2.40 bits per heavy atom. The SMILES string of the molecule is CCCC(CN)C(=O)N[C@@H](CO)C(=O)O. The molecule has 0 aromatic heterocycles. The van der Waals surface area contributed by atoms with Crippen LogP contribution in [0.1, 0.15) is 19.8 Å². The molecule has 1 unspecified atom stereocenters. The highest BCUT2D eigenvalue weighted by molar-refractivity contribution is 5.85. The van der Waals surface area contributed by atoms with Crippen molar-refractivity contribution in [3.63, 3.8) is 0 Å². The maximum Gasteiger partial charge on any atom is 0.328 e. The summed E-state index contributed by atoms with van der Waals surface area (Å²) < 4.78 is 0. The van der Waals surface area contributed by atoms with Crippen LogP contribution in [0.5, 0.6) is 0 Å². The second-order valence-electron chi connectivity index (χ2n) is 3.30. The standard InChI is InChI=1S/C9H18N2O4/c1-2-3-6(4-10)8(13)11-7(5-12)9(14)15/h6-7,12H,2-5,10H2,1H3,(H,11,13)(H,14,15)/t6?,7-/m0/s1. The lowest BCUT2D eigenvalue weighted by atomic mass is 10.0. The molecule has 0 aromatic rings. The van der Waals surface area contributed by atoms with Crippen LogP contribution in [0.3, 0.4) is 0 Å². The number of aliphatic carboxylic acids is 1. The number of hydrogen-bond donors (Lipinski definition) is 4. The van der Waals surface area contributed by atoms with Gasteiger partial charge in [0.05, 0.1) is 12.5 Å². The minimum absolute atomic E-state index is 0.178. The Labute approximate surface area is 88.5 Å². The highest BCUT2D eigenvalue weighted by Crippen LogP contribution is 2.04. The molecule has 0 fully saturated rings. The van der Waals surface area contributed by atoms with E-state index in [0.717, 1.165) is 6.42 Å². The van der Waals surface area contributed by atoms with E-state index >= 15 is 0 Å². The Hall–Kier alpha value is -1.14. The maximum absolute atomic E-state index is 11.5. The molecule has 88 valence electrons. The van der Waals surface area contributed by atoms with E-state index in [1.165, 1.54) is 0 Å². The first kappa shape index (κ1) is 13.9. The van der Waals surface area contributed by atoms with E-state index in [-0.39, 0.29) is 12.5 Å². The van der Waals surface area contributed by atoms with E-state index in [1.807, 2.05) is 6.92 Å². The molecule has 0 bridgehead atoms. The zero-order valence-electron chi connectivity index (χ0n) is 8.77. The van der Waals surface area contributed by atoms with Crippen molar-refractivity contribution in [1.82, 2.24) is 5.32 Å². The van der Waals surface area contributed by atoms with Gasteiger partial charge < -0.3 is 21.3 Å². The number of carboxylic acids is 1. The lowest BCUT2D eigenvalue weighted by Crippen LogP contribution is -2.47. The summed E-state index contributed by atoms with van der Waals surface area (Å²) in [5.41, 5.74) is 5.38. The number of nitrogens with two attached hydrogens (primary N) is 1. The molecule has 0 saturated heterocycles. The summed E-state index contributed by atoms with van der Waals surface area (Å²) in [6, 6.07) is -1.25. The Morgan fingerprint density at radius 1 is 1.47 bits per heavy atom. The summed E-state index contributed by atoms with van der Waals surface area (Å²) in [5.74, 6) is -2.05. The zero-order chi connectivity index (χ0) is 11.8. The van der Waals surface area contributed by atoms with Gasteiger partial charge in [0.2, 0.25) is 5.91 Å². The fourth-order valence-electron chi connectivity index (χ4n) is 1.18. The van der Waals surface area contributed by atoms with Crippen molar-refractivity contribution in [2.24, 2.45) is 11.7 Å². The third-order valence-electron chi connectivity index (χ3n) is 2.09. The van der Waals surface area contributed by atoms with Crippen LogP contribution in [0.25, 0.3) is 0 Å². The molecule has 0 aliphatic carbocycles. The maximum atomic E-state index is 11.5. The van der Waals surface area contributed by atoms with E-state index in [0.29, 0.717) is 6.42 Å². The minimum atomic E-state index is -1.25. The molecule has 6 heteroatoms. The number of nitrogens with one attached hydrogen (secondary N) is 1. The normalized spacial score (nSPS) is 14.3. The lowest BCUT2D eigenvalue weighted by molar-refractivity contribution is -0.143. The number of carboxylic acid groups (broad SMARTS) is 1. The molecule has 15 heavy (non-hydrogen) atoms. The molecular formula is C9H18N2O4. The number of aliphatic hydroxyl groups is 1. The largest absolute Gasteiger partial charge is 0.480 e. The second-order valence-corrected chi connectivity index (χ2v) is 3.30. The third-order valence-corrected chi connectivity index (χ3v) is 2.09. The summed E-state index contributed by atoms with van der Waals surface area (Å²) in [6.45, 7) is 1.47. The van der Waals surface area contributed by atoms with Crippen molar-refractivity contribution >= 4 is 11.9 Å². The van der Waals surface area contributed by atoms with Crippen LogP contribution < -0.4 is 11.1 Å². The molecule has 5 N–H and O–H groups in total. The Balaban J connectivity index is 4.24. The van der Waals surface area contributed by atoms with Crippen LogP contribution in [-0.2, 0) is 9.59 Å². The van der Waals surface area contributed by atoms with Gasteiger partial charge in [0.1, 0.15) is 6.04 Å². The third kappa shape index (κ3) is 4.75. The molecule has 1 amide bonds. The molecule has 0 heterocycles. The number of carbonyl (C=O) groups excluding carboxylic acids is 1. The van der Waals surface area contributed by atoms with Crippen LogP contribution in [0.2, 0.25) is 0 Å². The molecule has 0 spiro atoms. The molecule has 6 nitrogen and oxygen atoms in total. The highest BCUT2D eigenvalue weighted by atomic mass is 16.4. The topological polar surface area (TPSA) is 113 Å². The fourth-order valence-corrected chi connectivity index (χ4v) is 1.18. The summed E-state index contributed by atoms with van der Waals surface area (Å²) in [4.78, 5) is 22.0. The number of rotatable bonds is 7. The summed E-state index contributed by atoms with van der Waals surface area (Å²) >= 11 is 0. The second kappa shape index (κ2) is 7.19. The first-order valence-electron chi connectivity index (χ1n) is 4.90. The van der Waals surface area contributed by atoms with Gasteiger partial charge in [-0.15, -0.1) is 0 Å². The number of hydrogen-bond acceptors (Lipinski definition) is 4. The van der Waals surface area contributed by atoms with Gasteiger partial charge in [0.15, 0.2) is 0 Å². The van der Waals surface area contributed by atoms with Gasteiger partial charge in [-0.2, -0.15) is 0 Å². The van der Waals surface area contributed by atoms with Gasteiger partial charge in [0.25, 0.3) is 0 Å². The molecule has 0 rings (SSSR count). The van der Waals surface area contributed by atoms with Crippen LogP contribution in [0, 0.1) is 5.92 Å². The molecule has 0 aromatic carbocycles. The minimum Gasteiger partial charge on any atom is -0.480 e. The highest BCUT2D eigenvalue weighted by Gasteiger charge is 2.23. The fraction of sp³-hybridized carbons (Fsp3) is 0.778. The van der Waals surface area contributed by atoms with Crippen LogP contribution in [0.15, 0.2) is 0 Å². The Bertz CT molecular complexity index is 220. The molecule has 2 atom stereocenters. The van der Waals surface area contributed by atoms with Crippen LogP contribution in [0.4, 0.5) is 0 Å². The van der Waals surface area contributed by atoms with Gasteiger partial charge in [-0.3, -0.25) is 4.79 Å². The Kier molecular flexibility index (Phi) is 6.64. The van der Waals surface area contributed by atoms with Gasteiger partial charge in [-0.05, 0) is 6.42 Å². The monoisotopic (exact) mass is 218 g/mol. The van der Waals surface area contributed by atoms with E-state index in [1.54, 1.807) is 0 Å². The average molecular weight is 218 g/mol. The number of carbonyl (C=O) groups is 2. The van der Waals surface area contributed by atoms with Gasteiger partial charge in [-0.1, -0.05) is 13.3 Å². The van der Waals surface area contributed by atoms with Crippen molar-refractivity contribution in [2.45, 2.75) is 25.8 Å². The Morgan fingerprint density at radius 2 is 2.07 bits per heavy atom. The van der Waals surface area contributed by atoms with Crippen molar-refractivity contribution < 1.29 is 19.8 Å². The van der Waals surface area contributed by atoms with E-state index in [2.05, 4.69) is 5.32 Å². The summed E-state index contributed by atoms with van der Waals surface area (Å²) in [7, 11) is 0. The zero-order valence-corrected chi connectivity index (χ0v) is 8.77. The van der Waals surface area contributed by atoms with E-state index in [9.17, 15) is 9.59 Å². The van der Waals surface area contributed by atoms with Crippen molar-refractivity contribution in [3.05, 3.63) is 0 Å². The van der Waals surface area contributed by atoms with Gasteiger partial charge >= 0.3 is 5.97 Å². The van der Waals surface area contributed by atoms with Crippen LogP contribution >= 0.6 is 0 Å². The first-order chi connectivity index (χ1) is 7.06. The van der Waals surface area contributed by atoms with Crippen molar-refractivity contribution in [3.8, 4) is 0 Å². The lowest BCUT2D eigenvalue weighted by Gasteiger charge is -2.17. The van der Waals surface area contributed by atoms with Crippen molar-refractivity contribution in [1.29, 1.82) is 0 Å². The van der Waals surface area contributed by atoms with Gasteiger partial charge in [-0.25, -0.2) is 4.79 Å². The van der Waals surface area contributed by atoms with Crippen LogP contribution in [-0.4, -0.2) is 41.3 Å². The van der Waals surface area contributed by atoms with Gasteiger partial charge in [0, 0.05) is 6.54 Å². The smallest absolute Gasteiger partial charge is 0.328 e. The molecular weight excluding hydrogens is 200 g/mol. The van der Waals surface area contributed by atoms with Crippen molar-refractivity contribution in [2.75, 3.05) is 13.2 Å². The average Bonchev–Trinajstić information content (AvgIpc) is 2.21. The predicted molar refractivity (Wildman–Crippen MR) is 54.1 cm³/mol. The molecule has 0 aliphatic heterocycles. The molecule has 0 saturated carbocycles. The quantitative estimate of drug-likeness (QED) is 0.434. The summed E-state index contributed by atoms with van der Waals surface area (Å²) in [5, 5.41) is 19.5.